The van der Waals surface area contributed by atoms with Crippen molar-refractivity contribution in [3.05, 3.63) is 23.8 Å². The Morgan fingerprint density at radius 1 is 0.692 bits per heavy atom. The van der Waals surface area contributed by atoms with Crippen LogP contribution in [0.3, 0.4) is 0 Å². The number of benzene rings is 1. The van der Waals surface area contributed by atoms with Crippen molar-refractivity contribution < 1.29 is 84.2 Å². The number of halogens is 17. The molecule has 1 aromatic carbocycles. The predicted molar refractivity (Wildman–Crippen MR) is 89.5 cm³/mol. The molecule has 1 N–H and O–H groups in total. The van der Waals surface area contributed by atoms with Crippen LogP contribution >= 0.6 is 0 Å². The number of carbonyl (C=O) groups excluding carboxylic acids is 1. The maximum atomic E-state index is 13.8. The standard InChI is InChI=1S/C17H8F17N3O2/c18-10(19,3-4-39-9(38)6-1-2-7-8(5-6)36-37-35-7)11(20,21)12(22,23)13(24,25)14(26,27)15(28,29)16(30,31)17(32,33)34/h1-2,5H,3-4H2,(H,35,36,37). The highest BCUT2D eigenvalue weighted by Gasteiger charge is 2.95. The van der Waals surface area contributed by atoms with Gasteiger partial charge < -0.3 is 4.74 Å². The van der Waals surface area contributed by atoms with Gasteiger partial charge in [-0.25, -0.2) is 4.79 Å². The van der Waals surface area contributed by atoms with Gasteiger partial charge in [0, 0.05) is 0 Å². The summed E-state index contributed by atoms with van der Waals surface area (Å²) in [5.41, 5.74) is -0.385. The molecule has 0 saturated heterocycles. The van der Waals surface area contributed by atoms with E-state index in [2.05, 4.69) is 20.1 Å². The van der Waals surface area contributed by atoms with Crippen LogP contribution < -0.4 is 0 Å². The summed E-state index contributed by atoms with van der Waals surface area (Å²) < 4.78 is 229. The van der Waals surface area contributed by atoms with Crippen molar-refractivity contribution in [2.75, 3.05) is 6.61 Å². The Hall–Kier alpha value is -3.10. The molecule has 0 atom stereocenters. The third-order valence-electron chi connectivity index (χ3n) is 5.00. The molecule has 0 fully saturated rings. The van der Waals surface area contributed by atoms with E-state index in [9.17, 15) is 79.4 Å². The molecule has 1 aromatic heterocycles. The summed E-state index contributed by atoms with van der Waals surface area (Å²) in [5.74, 6) is -58.7. The molecule has 0 amide bonds. The van der Waals surface area contributed by atoms with Gasteiger partial charge in [0.2, 0.25) is 0 Å². The number of hydrogen-bond donors (Lipinski definition) is 1. The SMILES string of the molecule is O=C(OCCC(F)(F)C(F)(F)C(F)(F)C(F)(F)C(F)(F)C(F)(F)C(F)(F)C(F)(F)F)c1ccc2[nH]nnc2c1. The third-order valence-corrected chi connectivity index (χ3v) is 5.00. The number of nitrogens with one attached hydrogen (secondary N) is 1. The Balaban J connectivity index is 2.31. The quantitative estimate of drug-likeness (QED) is 0.246. The van der Waals surface area contributed by atoms with Crippen LogP contribution in [0.25, 0.3) is 11.0 Å². The van der Waals surface area contributed by atoms with Crippen LogP contribution in [0.4, 0.5) is 74.6 Å². The van der Waals surface area contributed by atoms with Gasteiger partial charge in [-0.15, -0.1) is 5.10 Å². The summed E-state index contributed by atoms with van der Waals surface area (Å²) in [5, 5.41) is 9.00. The molecule has 2 aromatic rings. The summed E-state index contributed by atoms with van der Waals surface area (Å²) in [6, 6.07) is 2.89. The zero-order valence-electron chi connectivity index (χ0n) is 17.8. The maximum absolute atomic E-state index is 13.8. The van der Waals surface area contributed by atoms with E-state index < -0.39 is 72.2 Å². The maximum Gasteiger partial charge on any atom is 0.460 e. The molecule has 0 unspecified atom stereocenters. The summed E-state index contributed by atoms with van der Waals surface area (Å²) in [7, 11) is 0. The number of nitrogens with zero attached hydrogens (tertiary/aromatic N) is 2. The minimum Gasteiger partial charge on any atom is -0.462 e. The van der Waals surface area contributed by atoms with E-state index in [1.165, 1.54) is 0 Å². The average Bonchev–Trinajstić information content (AvgIpc) is 3.25. The smallest absolute Gasteiger partial charge is 0.460 e. The monoisotopic (exact) mass is 609 g/mol. The number of H-pyrrole nitrogens is 1. The highest BCUT2D eigenvalue weighted by atomic mass is 19.4. The average molecular weight is 609 g/mol. The lowest BCUT2D eigenvalue weighted by Gasteiger charge is -2.42. The molecule has 1 heterocycles. The van der Waals surface area contributed by atoms with Crippen LogP contribution in [-0.4, -0.2) is 75.6 Å². The number of alkyl halides is 17. The van der Waals surface area contributed by atoms with Gasteiger partial charge in [0.25, 0.3) is 0 Å². The second-order valence-corrected chi connectivity index (χ2v) is 7.58. The van der Waals surface area contributed by atoms with Gasteiger partial charge in [0.15, 0.2) is 0 Å². The van der Waals surface area contributed by atoms with E-state index in [0.717, 1.165) is 18.2 Å². The van der Waals surface area contributed by atoms with Crippen LogP contribution in [0.2, 0.25) is 0 Å². The Morgan fingerprint density at radius 2 is 1.15 bits per heavy atom. The van der Waals surface area contributed by atoms with Crippen molar-refractivity contribution in [2.24, 2.45) is 0 Å². The van der Waals surface area contributed by atoms with Crippen molar-refractivity contribution >= 4 is 17.0 Å². The first-order valence-corrected chi connectivity index (χ1v) is 9.40. The van der Waals surface area contributed by atoms with E-state index in [4.69, 9.17) is 0 Å². The molecule has 0 aliphatic heterocycles. The summed E-state index contributed by atoms with van der Waals surface area (Å²) in [6.07, 6.45) is -10.7. The molecule has 0 radical (unpaired) electrons. The van der Waals surface area contributed by atoms with Gasteiger partial charge in [-0.2, -0.15) is 74.6 Å². The summed E-state index contributed by atoms with van der Waals surface area (Å²) in [6.45, 7) is -2.04. The molecule has 0 spiro atoms. The topological polar surface area (TPSA) is 67.9 Å². The molecule has 0 saturated carbocycles. The number of rotatable bonds is 10. The Labute approximate surface area is 202 Å². The molecule has 22 heteroatoms. The van der Waals surface area contributed by atoms with Gasteiger partial charge in [0.1, 0.15) is 5.52 Å². The van der Waals surface area contributed by atoms with Crippen molar-refractivity contribution in [3.8, 4) is 0 Å². The number of carbonyl (C=O) groups is 1. The Bertz CT molecular complexity index is 1200. The van der Waals surface area contributed by atoms with Crippen LogP contribution in [-0.2, 0) is 4.74 Å². The minimum atomic E-state index is -8.70. The van der Waals surface area contributed by atoms with Crippen molar-refractivity contribution in [1.29, 1.82) is 0 Å². The van der Waals surface area contributed by atoms with Gasteiger partial charge in [0.05, 0.1) is 24.1 Å². The number of hydrogen-bond acceptors (Lipinski definition) is 4. The first kappa shape index (κ1) is 32.1. The third kappa shape index (κ3) is 4.67. The van der Waals surface area contributed by atoms with E-state index >= 15 is 0 Å². The number of fused-ring (bicyclic) bond motifs is 1. The normalized spacial score (nSPS) is 15.1. The lowest BCUT2D eigenvalue weighted by Crippen LogP contribution is -2.74. The van der Waals surface area contributed by atoms with Gasteiger partial charge in [-0.3, -0.25) is 5.10 Å². The fraction of sp³-hybridized carbons (Fsp3) is 0.588. The van der Waals surface area contributed by atoms with Crippen molar-refractivity contribution in [2.45, 2.75) is 54.1 Å². The molecule has 0 aliphatic carbocycles. The first-order valence-electron chi connectivity index (χ1n) is 9.40. The van der Waals surface area contributed by atoms with Crippen molar-refractivity contribution in [3.63, 3.8) is 0 Å². The highest BCUT2D eigenvalue weighted by molar-refractivity contribution is 5.93. The fourth-order valence-corrected chi connectivity index (χ4v) is 2.68. The van der Waals surface area contributed by atoms with Crippen LogP contribution in [0, 0.1) is 0 Å². The molecule has 222 valence electrons. The fourth-order valence-electron chi connectivity index (χ4n) is 2.68. The Morgan fingerprint density at radius 3 is 1.64 bits per heavy atom. The molecule has 2 rings (SSSR count). The van der Waals surface area contributed by atoms with Crippen LogP contribution in [0.15, 0.2) is 18.2 Å². The minimum absolute atomic E-state index is 0.0444. The van der Waals surface area contributed by atoms with E-state index in [0.29, 0.717) is 0 Å². The molecular formula is C17H8F17N3O2. The lowest BCUT2D eigenvalue weighted by molar-refractivity contribution is -0.461. The lowest BCUT2D eigenvalue weighted by atomic mass is 9.88. The molecule has 0 aliphatic rings. The Kier molecular flexibility index (Phi) is 7.60. The second-order valence-electron chi connectivity index (χ2n) is 7.58. The first-order chi connectivity index (χ1) is 17.2. The van der Waals surface area contributed by atoms with Gasteiger partial charge in [-0.1, -0.05) is 5.21 Å². The highest BCUT2D eigenvalue weighted by Crippen LogP contribution is 2.64. The zero-order valence-corrected chi connectivity index (χ0v) is 17.8. The molecule has 39 heavy (non-hydrogen) atoms. The number of aromatic amines is 1. The van der Waals surface area contributed by atoms with Gasteiger partial charge in [-0.05, 0) is 18.2 Å². The molecule has 0 bridgehead atoms. The summed E-state index contributed by atoms with van der Waals surface area (Å²) >= 11 is 0. The largest absolute Gasteiger partial charge is 0.462 e. The van der Waals surface area contributed by atoms with Gasteiger partial charge >= 0.3 is 53.6 Å². The number of aromatic nitrogens is 3. The van der Waals surface area contributed by atoms with E-state index in [-0.39, 0.29) is 11.0 Å². The molecule has 5 nitrogen and oxygen atoms in total. The van der Waals surface area contributed by atoms with E-state index in [1.807, 2.05) is 0 Å². The van der Waals surface area contributed by atoms with E-state index in [1.54, 1.807) is 0 Å². The van der Waals surface area contributed by atoms with Crippen LogP contribution in [0.1, 0.15) is 16.8 Å². The van der Waals surface area contributed by atoms with Crippen molar-refractivity contribution in [1.82, 2.24) is 15.4 Å². The molecular weight excluding hydrogens is 601 g/mol. The predicted octanol–water partition coefficient (Wildman–Crippen LogP) is 6.51. The second kappa shape index (κ2) is 9.24. The van der Waals surface area contributed by atoms with Crippen LogP contribution in [0.5, 0.6) is 0 Å². The number of ether oxygens (including phenoxy) is 1. The zero-order chi connectivity index (χ0) is 30.7. The number of esters is 1. The summed E-state index contributed by atoms with van der Waals surface area (Å²) in [4.78, 5) is 11.8.